The van der Waals surface area contributed by atoms with Crippen LogP contribution in [0, 0.1) is 0 Å². The molecule has 0 bridgehead atoms. The first-order valence-electron chi connectivity index (χ1n) is 4.65. The van der Waals surface area contributed by atoms with E-state index >= 15 is 0 Å². The molecule has 0 aromatic heterocycles. The van der Waals surface area contributed by atoms with Gasteiger partial charge in [0, 0.05) is 13.5 Å². The first kappa shape index (κ1) is 15.4. The van der Waals surface area contributed by atoms with E-state index in [9.17, 15) is 4.79 Å². The highest BCUT2D eigenvalue weighted by Gasteiger charge is 1.80. The van der Waals surface area contributed by atoms with Crippen molar-refractivity contribution >= 4 is 5.97 Å². The zero-order chi connectivity index (χ0) is 11.2. The SMILES string of the molecule is C=CCOCCCC.C=COC(C)=O. The highest BCUT2D eigenvalue weighted by Crippen LogP contribution is 1.86. The lowest BCUT2D eigenvalue weighted by molar-refractivity contribution is -0.135. The standard InChI is InChI=1S/C7H14O.C4H6O2/c1-3-5-7-8-6-4-2;1-3-6-4(2)5/h4H,2-3,5-7H2,1H3;3H,1H2,2H3. The van der Waals surface area contributed by atoms with Crippen molar-refractivity contribution in [2.75, 3.05) is 13.2 Å². The topological polar surface area (TPSA) is 35.5 Å². The number of rotatable bonds is 6. The maximum atomic E-state index is 9.75. The molecule has 3 nitrogen and oxygen atoms in total. The molecule has 0 aliphatic heterocycles. The van der Waals surface area contributed by atoms with Gasteiger partial charge in [0.1, 0.15) is 0 Å². The molecule has 3 heteroatoms. The van der Waals surface area contributed by atoms with E-state index in [1.807, 2.05) is 0 Å². The van der Waals surface area contributed by atoms with E-state index in [1.54, 1.807) is 6.08 Å². The fourth-order valence-electron chi connectivity index (χ4n) is 0.530. The number of esters is 1. The summed E-state index contributed by atoms with van der Waals surface area (Å²) < 4.78 is 9.27. The van der Waals surface area contributed by atoms with Gasteiger partial charge < -0.3 is 9.47 Å². The van der Waals surface area contributed by atoms with Crippen molar-refractivity contribution in [2.24, 2.45) is 0 Å². The Bertz CT molecular complexity index is 153. The van der Waals surface area contributed by atoms with Crippen LogP contribution in [0.1, 0.15) is 26.7 Å². The van der Waals surface area contributed by atoms with Gasteiger partial charge in [0.15, 0.2) is 0 Å². The Morgan fingerprint density at radius 3 is 2.36 bits per heavy atom. The predicted octanol–water partition coefficient (Wildman–Crippen LogP) is 2.68. The van der Waals surface area contributed by atoms with Crippen LogP contribution in [0.2, 0.25) is 0 Å². The van der Waals surface area contributed by atoms with E-state index < -0.39 is 0 Å². The summed E-state index contributed by atoms with van der Waals surface area (Å²) in [5, 5.41) is 0. The fourth-order valence-corrected chi connectivity index (χ4v) is 0.530. The minimum Gasteiger partial charge on any atom is -0.435 e. The van der Waals surface area contributed by atoms with Crippen LogP contribution in [0.4, 0.5) is 0 Å². The number of unbranched alkanes of at least 4 members (excludes halogenated alkanes) is 1. The third kappa shape index (κ3) is 22.4. The molecule has 14 heavy (non-hydrogen) atoms. The number of carbonyl (C=O) groups is 1. The lowest BCUT2D eigenvalue weighted by atomic mass is 10.4. The molecule has 0 rings (SSSR count). The molecule has 82 valence electrons. The predicted molar refractivity (Wildman–Crippen MR) is 57.9 cm³/mol. The largest absolute Gasteiger partial charge is 0.435 e. The monoisotopic (exact) mass is 200 g/mol. The van der Waals surface area contributed by atoms with Crippen molar-refractivity contribution in [2.45, 2.75) is 26.7 Å². The van der Waals surface area contributed by atoms with E-state index in [1.165, 1.54) is 13.3 Å². The van der Waals surface area contributed by atoms with Crippen LogP contribution in [-0.4, -0.2) is 19.2 Å². The van der Waals surface area contributed by atoms with Crippen LogP contribution < -0.4 is 0 Å². The molecular formula is C11H20O3. The summed E-state index contributed by atoms with van der Waals surface area (Å²) in [5.41, 5.74) is 0. The van der Waals surface area contributed by atoms with E-state index in [0.717, 1.165) is 19.3 Å². The molecule has 0 aliphatic rings. The Morgan fingerprint density at radius 2 is 2.07 bits per heavy atom. The van der Waals surface area contributed by atoms with E-state index in [2.05, 4.69) is 24.8 Å². The van der Waals surface area contributed by atoms with Crippen molar-refractivity contribution < 1.29 is 14.3 Å². The van der Waals surface area contributed by atoms with Crippen molar-refractivity contribution in [3.63, 3.8) is 0 Å². The minimum absolute atomic E-state index is 0.329. The lowest BCUT2D eigenvalue weighted by Gasteiger charge is -1.95. The molecule has 0 aliphatic carbocycles. The Hall–Kier alpha value is -1.09. The van der Waals surface area contributed by atoms with Gasteiger partial charge in [-0.05, 0) is 6.42 Å². The first-order chi connectivity index (χ1) is 6.68. The Morgan fingerprint density at radius 1 is 1.43 bits per heavy atom. The second-order valence-electron chi connectivity index (χ2n) is 2.49. The summed E-state index contributed by atoms with van der Waals surface area (Å²) in [6.45, 7) is 11.7. The van der Waals surface area contributed by atoms with Crippen molar-refractivity contribution in [1.29, 1.82) is 0 Å². The van der Waals surface area contributed by atoms with Crippen LogP contribution in [0.15, 0.2) is 25.5 Å². The van der Waals surface area contributed by atoms with Crippen LogP contribution >= 0.6 is 0 Å². The molecule has 0 aromatic rings. The average Bonchev–Trinajstić information content (AvgIpc) is 2.13. The van der Waals surface area contributed by atoms with Crippen molar-refractivity contribution in [3.8, 4) is 0 Å². The molecule has 0 saturated heterocycles. The fraction of sp³-hybridized carbons (Fsp3) is 0.545. The van der Waals surface area contributed by atoms with Gasteiger partial charge in [0.25, 0.3) is 0 Å². The second kappa shape index (κ2) is 14.4. The van der Waals surface area contributed by atoms with Crippen LogP contribution in [-0.2, 0) is 14.3 Å². The number of hydrogen-bond donors (Lipinski definition) is 0. The zero-order valence-corrected chi connectivity index (χ0v) is 9.12. The molecule has 0 aromatic carbocycles. The molecule has 0 atom stereocenters. The Labute approximate surface area is 86.4 Å². The van der Waals surface area contributed by atoms with E-state index in [4.69, 9.17) is 4.74 Å². The lowest BCUT2D eigenvalue weighted by Crippen LogP contribution is -1.91. The maximum Gasteiger partial charge on any atom is 0.307 e. The van der Waals surface area contributed by atoms with Gasteiger partial charge in [-0.3, -0.25) is 4.79 Å². The second-order valence-corrected chi connectivity index (χ2v) is 2.49. The molecule has 0 amide bonds. The third-order valence-electron chi connectivity index (χ3n) is 1.13. The smallest absolute Gasteiger partial charge is 0.307 e. The van der Waals surface area contributed by atoms with Gasteiger partial charge in [-0.15, -0.1) is 6.58 Å². The Kier molecular flexibility index (Phi) is 15.9. The van der Waals surface area contributed by atoms with Crippen LogP contribution in [0.25, 0.3) is 0 Å². The zero-order valence-electron chi connectivity index (χ0n) is 9.12. The van der Waals surface area contributed by atoms with E-state index in [-0.39, 0.29) is 5.97 Å². The molecule has 0 fully saturated rings. The molecular weight excluding hydrogens is 180 g/mol. The number of ether oxygens (including phenoxy) is 2. The van der Waals surface area contributed by atoms with Gasteiger partial charge in [0.05, 0.1) is 12.9 Å². The summed E-state index contributed by atoms with van der Waals surface area (Å²) in [7, 11) is 0. The Balaban J connectivity index is 0. The summed E-state index contributed by atoms with van der Waals surface area (Å²) in [4.78, 5) is 9.75. The molecule has 0 heterocycles. The van der Waals surface area contributed by atoms with Gasteiger partial charge >= 0.3 is 5.97 Å². The quantitative estimate of drug-likeness (QED) is 0.286. The maximum absolute atomic E-state index is 9.75. The third-order valence-corrected chi connectivity index (χ3v) is 1.13. The molecule has 0 unspecified atom stereocenters. The molecule has 0 saturated carbocycles. The summed E-state index contributed by atoms with van der Waals surface area (Å²) in [5.74, 6) is -0.329. The first-order valence-corrected chi connectivity index (χ1v) is 4.65. The summed E-state index contributed by atoms with van der Waals surface area (Å²) in [6.07, 6.45) is 5.24. The highest BCUT2D eigenvalue weighted by molar-refractivity contribution is 5.66. The molecule has 0 spiro atoms. The van der Waals surface area contributed by atoms with Gasteiger partial charge in [-0.1, -0.05) is 26.0 Å². The number of carbonyl (C=O) groups excluding carboxylic acids is 1. The van der Waals surface area contributed by atoms with Crippen LogP contribution in [0.5, 0.6) is 0 Å². The minimum atomic E-state index is -0.329. The van der Waals surface area contributed by atoms with Crippen LogP contribution in [0.3, 0.4) is 0 Å². The van der Waals surface area contributed by atoms with Crippen molar-refractivity contribution in [3.05, 3.63) is 25.5 Å². The van der Waals surface area contributed by atoms with Gasteiger partial charge in [0.2, 0.25) is 0 Å². The van der Waals surface area contributed by atoms with Gasteiger partial charge in [-0.2, -0.15) is 0 Å². The summed E-state index contributed by atoms with van der Waals surface area (Å²) in [6, 6.07) is 0. The normalized spacial score (nSPS) is 8.14. The molecule has 0 radical (unpaired) electrons. The summed E-state index contributed by atoms with van der Waals surface area (Å²) >= 11 is 0. The molecule has 0 N–H and O–H groups in total. The van der Waals surface area contributed by atoms with Gasteiger partial charge in [-0.25, -0.2) is 0 Å². The van der Waals surface area contributed by atoms with Crippen molar-refractivity contribution in [1.82, 2.24) is 0 Å². The highest BCUT2D eigenvalue weighted by atomic mass is 16.5. The average molecular weight is 200 g/mol. The van der Waals surface area contributed by atoms with E-state index in [0.29, 0.717) is 6.61 Å². The number of hydrogen-bond acceptors (Lipinski definition) is 3.